The van der Waals surface area contributed by atoms with Crippen molar-refractivity contribution in [3.05, 3.63) is 100 Å². The van der Waals surface area contributed by atoms with Gasteiger partial charge in [-0.15, -0.1) is 11.8 Å². The quantitative estimate of drug-likeness (QED) is 0.179. The number of hydrogen-bond donors (Lipinski definition) is 3. The molecular weight excluding hydrogens is 607 g/mol. The van der Waals surface area contributed by atoms with Gasteiger partial charge in [-0.1, -0.05) is 67.9 Å². The van der Waals surface area contributed by atoms with E-state index in [0.29, 0.717) is 24.0 Å². The lowest BCUT2D eigenvalue weighted by molar-refractivity contribution is -0.132. The third-order valence-electron chi connectivity index (χ3n) is 6.45. The van der Waals surface area contributed by atoms with Gasteiger partial charge < -0.3 is 20.5 Å². The van der Waals surface area contributed by atoms with E-state index in [1.54, 1.807) is 19.9 Å². The number of carboxylic acids is 1. The lowest BCUT2D eigenvalue weighted by atomic mass is 9.99. The molecule has 0 fully saturated rings. The van der Waals surface area contributed by atoms with Crippen molar-refractivity contribution < 1.29 is 33.4 Å². The zero-order valence-electron chi connectivity index (χ0n) is 24.6. The van der Waals surface area contributed by atoms with E-state index in [1.807, 2.05) is 49.4 Å². The molecule has 44 heavy (non-hydrogen) atoms. The molecule has 232 valence electrons. The number of ketones is 1. The van der Waals surface area contributed by atoms with Gasteiger partial charge in [0, 0.05) is 21.9 Å². The van der Waals surface area contributed by atoms with Crippen LogP contribution < -0.4 is 15.4 Å². The number of halogens is 2. The highest BCUT2D eigenvalue weighted by atomic mass is 35.5. The third-order valence-corrected chi connectivity index (χ3v) is 7.76. The normalized spacial score (nSPS) is 12.0. The molecule has 0 aliphatic carbocycles. The molecule has 0 unspecified atom stereocenters. The highest BCUT2D eigenvalue weighted by Crippen LogP contribution is 2.28. The molecule has 1 atom stereocenters. The molecular formula is C33H34ClFN2O6S. The molecule has 11 heteroatoms. The molecule has 0 spiro atoms. The van der Waals surface area contributed by atoms with Crippen LogP contribution >= 0.6 is 23.4 Å². The average Bonchev–Trinajstić information content (AvgIpc) is 2.98. The van der Waals surface area contributed by atoms with Crippen molar-refractivity contribution >= 4 is 46.9 Å². The predicted molar refractivity (Wildman–Crippen MR) is 170 cm³/mol. The van der Waals surface area contributed by atoms with Crippen LogP contribution in [0.5, 0.6) is 5.75 Å². The predicted octanol–water partition coefficient (Wildman–Crippen LogP) is 5.82. The van der Waals surface area contributed by atoms with Crippen molar-refractivity contribution in [3.8, 4) is 16.9 Å². The number of carboxylic acid groups (broad SMARTS) is 1. The molecule has 0 aliphatic rings. The molecule has 0 bridgehead atoms. The topological polar surface area (TPSA) is 122 Å². The minimum absolute atomic E-state index is 0.0609. The Balaban J connectivity index is 1.71. The van der Waals surface area contributed by atoms with E-state index in [9.17, 15) is 28.7 Å². The first-order chi connectivity index (χ1) is 21.0. The summed E-state index contributed by atoms with van der Waals surface area (Å²) < 4.78 is 19.8. The van der Waals surface area contributed by atoms with Crippen molar-refractivity contribution in [1.82, 2.24) is 10.6 Å². The Morgan fingerprint density at radius 3 is 2.39 bits per heavy atom. The number of carbonyl (C=O) groups is 4. The number of amides is 2. The van der Waals surface area contributed by atoms with E-state index in [2.05, 4.69) is 10.6 Å². The Hall–Kier alpha value is -4.15. The zero-order chi connectivity index (χ0) is 32.2. The second-order valence-corrected chi connectivity index (χ2v) is 11.5. The second kappa shape index (κ2) is 16.6. The number of allylic oxidation sites excluding steroid dienone is 1. The van der Waals surface area contributed by atoms with Gasteiger partial charge in [0.05, 0.1) is 30.6 Å². The molecule has 0 aromatic heterocycles. The number of rotatable bonds is 15. The largest absolute Gasteiger partial charge is 0.494 e. The summed E-state index contributed by atoms with van der Waals surface area (Å²) in [4.78, 5) is 50.8. The summed E-state index contributed by atoms with van der Waals surface area (Å²) in [5.41, 5.74) is 2.25. The van der Waals surface area contributed by atoms with E-state index in [4.69, 9.17) is 16.3 Å². The molecule has 0 saturated carbocycles. The fraction of sp³-hybridized carbons (Fsp3) is 0.273. The first-order valence-electron chi connectivity index (χ1n) is 13.9. The van der Waals surface area contributed by atoms with Gasteiger partial charge in [-0.25, -0.2) is 9.18 Å². The number of carbonyl (C=O) groups excluding carboxylic acids is 3. The zero-order valence-corrected chi connectivity index (χ0v) is 26.1. The van der Waals surface area contributed by atoms with Crippen LogP contribution in [0.15, 0.2) is 78.5 Å². The first-order valence-corrected chi connectivity index (χ1v) is 15.4. The summed E-state index contributed by atoms with van der Waals surface area (Å²) in [6, 6.07) is 18.4. The van der Waals surface area contributed by atoms with Crippen LogP contribution in [-0.4, -0.2) is 47.1 Å². The molecule has 0 heterocycles. The second-order valence-electron chi connectivity index (χ2n) is 10.1. The van der Waals surface area contributed by atoms with Crippen molar-refractivity contribution in [2.45, 2.75) is 39.0 Å². The van der Waals surface area contributed by atoms with Crippen LogP contribution in [0.4, 0.5) is 4.39 Å². The summed E-state index contributed by atoms with van der Waals surface area (Å²) in [6.45, 7) is 5.66. The number of benzene rings is 3. The standard InChI is InChI=1S/C33H34ClFN2O6S/c1-4-43-29-14-13-22(21-9-6-5-7-10-21)15-23(29)16-30(39)37-32(20(2)3)33(42)36-27(17-31(40)41)28(38)19-44-18-24-25(34)11-8-12-26(24)35/h5-15,17,20,32H,4,16,18-19H2,1-3H3,(H,36,42)(H,37,39)(H,40,41)/t32-/m0/s1. The van der Waals surface area contributed by atoms with Gasteiger partial charge in [-0.05, 0) is 48.2 Å². The highest BCUT2D eigenvalue weighted by molar-refractivity contribution is 7.99. The van der Waals surface area contributed by atoms with Gasteiger partial charge in [-0.2, -0.15) is 0 Å². The van der Waals surface area contributed by atoms with Crippen LogP contribution in [0.25, 0.3) is 11.1 Å². The SMILES string of the molecule is CCOc1ccc(-c2ccccc2)cc1CC(=O)N[C@H](C(=O)NC(=CC(=O)O)C(=O)CSCc1c(F)cccc1Cl)C(C)C. The first kappa shape index (κ1) is 34.3. The Bertz CT molecular complexity index is 1510. The fourth-order valence-electron chi connectivity index (χ4n) is 4.27. The summed E-state index contributed by atoms with van der Waals surface area (Å²) in [6.07, 6.45) is 0.512. The molecule has 3 aromatic carbocycles. The molecule has 3 N–H and O–H groups in total. The maximum atomic E-state index is 14.1. The van der Waals surface area contributed by atoms with Gasteiger partial charge in [0.25, 0.3) is 0 Å². The van der Waals surface area contributed by atoms with E-state index in [0.717, 1.165) is 22.9 Å². The van der Waals surface area contributed by atoms with Crippen LogP contribution in [0, 0.1) is 11.7 Å². The molecule has 3 aromatic rings. The Kier molecular flexibility index (Phi) is 13.0. The maximum Gasteiger partial charge on any atom is 0.330 e. The van der Waals surface area contributed by atoms with Crippen LogP contribution in [0.2, 0.25) is 5.02 Å². The smallest absolute Gasteiger partial charge is 0.330 e. The monoisotopic (exact) mass is 640 g/mol. The minimum atomic E-state index is -1.44. The van der Waals surface area contributed by atoms with Crippen LogP contribution in [0.1, 0.15) is 31.9 Å². The summed E-state index contributed by atoms with van der Waals surface area (Å²) in [5.74, 6) is -3.92. The van der Waals surface area contributed by atoms with Crippen molar-refractivity contribution in [1.29, 1.82) is 0 Å². The molecule has 0 saturated heterocycles. The molecule has 0 radical (unpaired) electrons. The summed E-state index contributed by atoms with van der Waals surface area (Å²) >= 11 is 7.05. The lowest BCUT2D eigenvalue weighted by Gasteiger charge is -2.22. The van der Waals surface area contributed by atoms with Crippen LogP contribution in [0.3, 0.4) is 0 Å². The number of Topliss-reactive ketones (excluding diaryl/α,β-unsaturated/α-hetero) is 1. The number of hydrogen-bond acceptors (Lipinski definition) is 6. The van der Waals surface area contributed by atoms with E-state index in [-0.39, 0.29) is 28.5 Å². The van der Waals surface area contributed by atoms with Gasteiger partial charge in [0.15, 0.2) is 5.78 Å². The maximum absolute atomic E-state index is 14.1. The van der Waals surface area contributed by atoms with Gasteiger partial charge >= 0.3 is 5.97 Å². The Morgan fingerprint density at radius 1 is 1.02 bits per heavy atom. The van der Waals surface area contributed by atoms with E-state index in [1.165, 1.54) is 18.2 Å². The molecule has 8 nitrogen and oxygen atoms in total. The van der Waals surface area contributed by atoms with Gasteiger partial charge in [0.2, 0.25) is 11.8 Å². The van der Waals surface area contributed by atoms with Gasteiger partial charge in [-0.3, -0.25) is 14.4 Å². The van der Waals surface area contributed by atoms with Crippen molar-refractivity contribution in [2.75, 3.05) is 12.4 Å². The van der Waals surface area contributed by atoms with Gasteiger partial charge in [0.1, 0.15) is 17.6 Å². The summed E-state index contributed by atoms with van der Waals surface area (Å²) in [7, 11) is 0. The number of ether oxygens (including phenoxy) is 1. The molecule has 2 amide bonds. The highest BCUT2D eigenvalue weighted by Gasteiger charge is 2.27. The summed E-state index contributed by atoms with van der Waals surface area (Å²) in [5, 5.41) is 14.6. The third kappa shape index (κ3) is 9.96. The number of nitrogens with one attached hydrogen (secondary N) is 2. The molecule has 0 aliphatic heterocycles. The minimum Gasteiger partial charge on any atom is -0.494 e. The Labute approximate surface area is 265 Å². The Morgan fingerprint density at radius 2 is 1.75 bits per heavy atom. The van der Waals surface area contributed by atoms with E-state index >= 15 is 0 Å². The lowest BCUT2D eigenvalue weighted by Crippen LogP contribution is -2.50. The fourth-order valence-corrected chi connectivity index (χ4v) is 5.52. The van der Waals surface area contributed by atoms with Crippen molar-refractivity contribution in [2.24, 2.45) is 5.92 Å². The van der Waals surface area contributed by atoms with Crippen LogP contribution in [-0.2, 0) is 31.4 Å². The molecule has 3 rings (SSSR count). The van der Waals surface area contributed by atoms with Crippen molar-refractivity contribution in [3.63, 3.8) is 0 Å². The average molecular weight is 641 g/mol. The number of thioether (sulfide) groups is 1. The number of aliphatic carboxylic acids is 1. The van der Waals surface area contributed by atoms with E-state index < -0.39 is 47.0 Å².